The zero-order valence-corrected chi connectivity index (χ0v) is 16.1. The number of aryl methyl sites for hydroxylation is 2. The van der Waals surface area contributed by atoms with E-state index in [2.05, 4.69) is 0 Å². The second-order valence-electron chi connectivity index (χ2n) is 6.58. The zero-order valence-electron chi connectivity index (χ0n) is 16.1. The van der Waals surface area contributed by atoms with E-state index in [1.54, 1.807) is 29.9 Å². The summed E-state index contributed by atoms with van der Waals surface area (Å²) in [5.41, 5.74) is 2.78. The van der Waals surface area contributed by atoms with Gasteiger partial charge in [0.05, 0.1) is 14.2 Å². The highest BCUT2D eigenvalue weighted by atomic mass is 16.5. The van der Waals surface area contributed by atoms with Crippen LogP contribution in [-0.4, -0.2) is 42.7 Å². The maximum absolute atomic E-state index is 12.6. The van der Waals surface area contributed by atoms with Crippen molar-refractivity contribution in [2.24, 2.45) is 7.05 Å². The maximum Gasteiger partial charge on any atom is 0.260 e. The van der Waals surface area contributed by atoms with Gasteiger partial charge in [0.25, 0.3) is 5.91 Å². The Labute approximate surface area is 158 Å². The first kappa shape index (κ1) is 18.8. The fourth-order valence-electron chi connectivity index (χ4n) is 3.14. The van der Waals surface area contributed by atoms with Gasteiger partial charge in [-0.1, -0.05) is 0 Å². The predicted octanol–water partition coefficient (Wildman–Crippen LogP) is 1.67. The van der Waals surface area contributed by atoms with E-state index in [9.17, 15) is 9.59 Å². The van der Waals surface area contributed by atoms with Gasteiger partial charge < -0.3 is 23.7 Å². The average Bonchev–Trinajstić information content (AvgIpc) is 2.67. The van der Waals surface area contributed by atoms with Gasteiger partial charge in [0.1, 0.15) is 0 Å². The molecule has 0 fully saturated rings. The Morgan fingerprint density at radius 2 is 1.74 bits per heavy atom. The summed E-state index contributed by atoms with van der Waals surface area (Å²) < 4.78 is 18.0. The number of carbonyl (C=O) groups excluding carboxylic acids is 1. The van der Waals surface area contributed by atoms with Gasteiger partial charge in [0.15, 0.2) is 23.9 Å². The van der Waals surface area contributed by atoms with Crippen LogP contribution in [0.25, 0.3) is 0 Å². The normalized spacial score (nSPS) is 13.1. The van der Waals surface area contributed by atoms with Gasteiger partial charge >= 0.3 is 0 Å². The second-order valence-corrected chi connectivity index (χ2v) is 6.58. The Morgan fingerprint density at radius 1 is 1.07 bits per heavy atom. The molecule has 7 nitrogen and oxygen atoms in total. The van der Waals surface area contributed by atoms with Crippen molar-refractivity contribution >= 4 is 5.91 Å². The molecule has 0 saturated carbocycles. The van der Waals surface area contributed by atoms with Gasteiger partial charge in [-0.2, -0.15) is 0 Å². The third-order valence-corrected chi connectivity index (χ3v) is 4.87. The highest BCUT2D eigenvalue weighted by molar-refractivity contribution is 5.78. The molecule has 3 rings (SSSR count). The molecule has 1 aromatic heterocycles. The molecular weight excluding hydrogens is 348 g/mol. The standard InChI is InChI=1S/C20H24N2O5/c1-13-7-16(23)19(11-21(13)2)27-12-20(24)22-6-5-14-8-17(25-3)18(26-4)9-15(14)10-22/h7-9,11H,5-6,10,12H2,1-4H3. The monoisotopic (exact) mass is 372 g/mol. The molecule has 0 aliphatic carbocycles. The van der Waals surface area contributed by atoms with Crippen molar-refractivity contribution in [1.29, 1.82) is 0 Å². The smallest absolute Gasteiger partial charge is 0.260 e. The quantitative estimate of drug-likeness (QED) is 0.799. The molecule has 0 saturated heterocycles. The highest BCUT2D eigenvalue weighted by Gasteiger charge is 2.23. The summed E-state index contributed by atoms with van der Waals surface area (Å²) in [6, 6.07) is 5.36. The van der Waals surface area contributed by atoms with E-state index in [0.29, 0.717) is 24.6 Å². The second kappa shape index (κ2) is 7.73. The molecule has 0 unspecified atom stereocenters. The number of hydrogen-bond donors (Lipinski definition) is 0. The predicted molar refractivity (Wildman–Crippen MR) is 101 cm³/mol. The molecule has 1 aromatic carbocycles. The number of fused-ring (bicyclic) bond motifs is 1. The minimum atomic E-state index is -0.223. The maximum atomic E-state index is 12.6. The topological polar surface area (TPSA) is 70.0 Å². The number of ether oxygens (including phenoxy) is 3. The summed E-state index contributed by atoms with van der Waals surface area (Å²) in [5, 5.41) is 0. The molecular formula is C20H24N2O5. The van der Waals surface area contributed by atoms with Crippen molar-refractivity contribution in [3.63, 3.8) is 0 Å². The lowest BCUT2D eigenvalue weighted by Crippen LogP contribution is -2.39. The highest BCUT2D eigenvalue weighted by Crippen LogP contribution is 2.33. The average molecular weight is 372 g/mol. The SMILES string of the molecule is COc1cc2c(cc1OC)CN(C(=O)COc1cn(C)c(C)cc1=O)CC2. The Hall–Kier alpha value is -2.96. The van der Waals surface area contributed by atoms with Crippen LogP contribution in [0.3, 0.4) is 0 Å². The summed E-state index contributed by atoms with van der Waals surface area (Å²) in [6.07, 6.45) is 2.33. The Kier molecular flexibility index (Phi) is 5.39. The zero-order chi connectivity index (χ0) is 19.6. The van der Waals surface area contributed by atoms with E-state index in [1.807, 2.05) is 26.1 Å². The molecule has 27 heavy (non-hydrogen) atoms. The van der Waals surface area contributed by atoms with E-state index in [-0.39, 0.29) is 23.7 Å². The number of aromatic nitrogens is 1. The number of nitrogens with zero attached hydrogens (tertiary/aromatic N) is 2. The van der Waals surface area contributed by atoms with Crippen LogP contribution in [-0.2, 0) is 24.8 Å². The number of pyridine rings is 1. The fourth-order valence-corrected chi connectivity index (χ4v) is 3.14. The van der Waals surface area contributed by atoms with Crippen molar-refractivity contribution in [3.05, 3.63) is 51.4 Å². The number of benzene rings is 1. The lowest BCUT2D eigenvalue weighted by molar-refractivity contribution is -0.134. The first-order valence-electron chi connectivity index (χ1n) is 8.74. The van der Waals surface area contributed by atoms with Crippen molar-refractivity contribution in [2.45, 2.75) is 19.9 Å². The summed E-state index contributed by atoms with van der Waals surface area (Å²) >= 11 is 0. The Morgan fingerprint density at radius 3 is 2.41 bits per heavy atom. The fraction of sp³-hybridized carbons (Fsp3) is 0.400. The minimum absolute atomic E-state index is 0.155. The third kappa shape index (κ3) is 3.92. The number of methoxy groups -OCH3 is 2. The number of hydrogen-bond acceptors (Lipinski definition) is 5. The molecule has 1 aliphatic rings. The van der Waals surface area contributed by atoms with E-state index in [0.717, 1.165) is 23.2 Å². The molecule has 0 bridgehead atoms. The van der Waals surface area contributed by atoms with Gasteiger partial charge in [-0.15, -0.1) is 0 Å². The summed E-state index contributed by atoms with van der Waals surface area (Å²) in [6.45, 7) is 2.74. The molecule has 0 radical (unpaired) electrons. The van der Waals surface area contributed by atoms with Crippen molar-refractivity contribution in [2.75, 3.05) is 27.4 Å². The molecule has 7 heteroatoms. The van der Waals surface area contributed by atoms with Crippen LogP contribution in [0.4, 0.5) is 0 Å². The van der Waals surface area contributed by atoms with Crippen LogP contribution in [0.15, 0.2) is 29.2 Å². The largest absolute Gasteiger partial charge is 0.493 e. The number of carbonyl (C=O) groups is 1. The van der Waals surface area contributed by atoms with Crippen LogP contribution in [0, 0.1) is 6.92 Å². The van der Waals surface area contributed by atoms with Gasteiger partial charge in [0, 0.05) is 38.1 Å². The Bertz CT molecular complexity index is 919. The molecule has 2 heterocycles. The van der Waals surface area contributed by atoms with Crippen molar-refractivity contribution < 1.29 is 19.0 Å². The molecule has 0 atom stereocenters. The van der Waals surface area contributed by atoms with Crippen molar-refractivity contribution in [3.8, 4) is 17.2 Å². The molecule has 1 aliphatic heterocycles. The van der Waals surface area contributed by atoms with Gasteiger partial charge in [-0.3, -0.25) is 9.59 Å². The first-order valence-corrected chi connectivity index (χ1v) is 8.74. The third-order valence-electron chi connectivity index (χ3n) is 4.87. The van der Waals surface area contributed by atoms with E-state index < -0.39 is 0 Å². The molecule has 144 valence electrons. The van der Waals surface area contributed by atoms with Crippen LogP contribution in [0.1, 0.15) is 16.8 Å². The van der Waals surface area contributed by atoms with Gasteiger partial charge in [-0.25, -0.2) is 0 Å². The molecule has 2 aromatic rings. The molecule has 0 N–H and O–H groups in total. The number of amides is 1. The van der Waals surface area contributed by atoms with Crippen LogP contribution < -0.4 is 19.6 Å². The van der Waals surface area contributed by atoms with E-state index in [1.165, 1.54) is 6.07 Å². The molecule has 1 amide bonds. The Balaban J connectivity index is 1.69. The van der Waals surface area contributed by atoms with Gasteiger partial charge in [0.2, 0.25) is 5.43 Å². The van der Waals surface area contributed by atoms with Crippen LogP contribution in [0.5, 0.6) is 17.2 Å². The summed E-state index contributed by atoms with van der Waals surface area (Å²) in [5.74, 6) is 1.36. The van der Waals surface area contributed by atoms with Crippen LogP contribution >= 0.6 is 0 Å². The van der Waals surface area contributed by atoms with E-state index >= 15 is 0 Å². The van der Waals surface area contributed by atoms with Crippen LogP contribution in [0.2, 0.25) is 0 Å². The lowest BCUT2D eigenvalue weighted by Gasteiger charge is -2.29. The summed E-state index contributed by atoms with van der Waals surface area (Å²) in [4.78, 5) is 26.3. The summed E-state index contributed by atoms with van der Waals surface area (Å²) in [7, 11) is 5.02. The minimum Gasteiger partial charge on any atom is -0.493 e. The van der Waals surface area contributed by atoms with Gasteiger partial charge in [-0.05, 0) is 36.6 Å². The van der Waals surface area contributed by atoms with Crippen molar-refractivity contribution in [1.82, 2.24) is 9.47 Å². The number of rotatable bonds is 5. The lowest BCUT2D eigenvalue weighted by atomic mass is 9.99. The first-order chi connectivity index (χ1) is 12.9. The molecule has 0 spiro atoms. The van der Waals surface area contributed by atoms with E-state index in [4.69, 9.17) is 14.2 Å².